The standard InChI is InChI=1S/C28H15BrOS/c29-23-6-3-7-27-28(23)22-13-18(9-11-26(22)31-27)19-8-10-20-21-12-16-4-1-2-5-17(16)14-25(21)30-24(20)15-19/h1-15H. The van der Waals surface area contributed by atoms with Crippen LogP contribution in [-0.2, 0) is 0 Å². The SMILES string of the molecule is Brc1cccc2sc3ccc(-c4ccc5c(c4)oc4cc6ccccc6cc45)cc3c12. The predicted molar refractivity (Wildman–Crippen MR) is 137 cm³/mol. The second kappa shape index (κ2) is 6.43. The third-order valence-corrected chi connectivity index (χ3v) is 7.91. The van der Waals surface area contributed by atoms with Gasteiger partial charge >= 0.3 is 0 Å². The molecule has 0 amide bonds. The Kier molecular flexibility index (Phi) is 3.64. The molecule has 0 N–H and O–H groups in total. The molecule has 7 aromatic rings. The highest BCUT2D eigenvalue weighted by atomic mass is 79.9. The van der Waals surface area contributed by atoms with Crippen molar-refractivity contribution in [3.63, 3.8) is 0 Å². The minimum Gasteiger partial charge on any atom is -0.456 e. The van der Waals surface area contributed by atoms with Crippen molar-refractivity contribution in [2.75, 3.05) is 0 Å². The minimum atomic E-state index is 0.930. The van der Waals surface area contributed by atoms with E-state index in [4.69, 9.17) is 4.42 Å². The number of halogens is 1. The maximum absolute atomic E-state index is 6.28. The van der Waals surface area contributed by atoms with Gasteiger partial charge in [0.1, 0.15) is 11.2 Å². The van der Waals surface area contributed by atoms with Gasteiger partial charge in [0.25, 0.3) is 0 Å². The molecule has 0 aliphatic rings. The van der Waals surface area contributed by atoms with Gasteiger partial charge in [0.15, 0.2) is 0 Å². The van der Waals surface area contributed by atoms with Crippen molar-refractivity contribution < 1.29 is 4.42 Å². The Balaban J connectivity index is 1.45. The first-order valence-electron chi connectivity index (χ1n) is 10.2. The fourth-order valence-corrected chi connectivity index (χ4v) is 6.43. The molecule has 2 heterocycles. The van der Waals surface area contributed by atoms with Crippen molar-refractivity contribution in [1.82, 2.24) is 0 Å². The van der Waals surface area contributed by atoms with E-state index in [-0.39, 0.29) is 0 Å². The van der Waals surface area contributed by atoms with E-state index < -0.39 is 0 Å². The first-order valence-corrected chi connectivity index (χ1v) is 11.8. The second-order valence-corrected chi connectivity index (χ2v) is 9.87. The van der Waals surface area contributed by atoms with E-state index in [1.165, 1.54) is 47.5 Å². The van der Waals surface area contributed by atoms with Gasteiger partial charge in [0, 0.05) is 35.4 Å². The molecule has 1 nitrogen and oxygen atoms in total. The maximum atomic E-state index is 6.28. The molecule has 0 unspecified atom stereocenters. The van der Waals surface area contributed by atoms with Crippen LogP contribution in [0.2, 0.25) is 0 Å². The highest BCUT2D eigenvalue weighted by Gasteiger charge is 2.12. The summed E-state index contributed by atoms with van der Waals surface area (Å²) in [6.07, 6.45) is 0. The van der Waals surface area contributed by atoms with Gasteiger partial charge in [-0.2, -0.15) is 0 Å². The zero-order chi connectivity index (χ0) is 20.5. The van der Waals surface area contributed by atoms with E-state index in [1.54, 1.807) is 0 Å². The lowest BCUT2D eigenvalue weighted by atomic mass is 10.0. The van der Waals surface area contributed by atoms with Gasteiger partial charge in [-0.05, 0) is 70.4 Å². The summed E-state index contributed by atoms with van der Waals surface area (Å²) in [4.78, 5) is 0. The summed E-state index contributed by atoms with van der Waals surface area (Å²) >= 11 is 5.58. The van der Waals surface area contributed by atoms with Gasteiger partial charge in [-0.3, -0.25) is 0 Å². The zero-order valence-electron chi connectivity index (χ0n) is 16.4. The van der Waals surface area contributed by atoms with Crippen molar-refractivity contribution in [3.8, 4) is 11.1 Å². The summed E-state index contributed by atoms with van der Waals surface area (Å²) in [5.41, 5.74) is 4.24. The molecule has 0 spiro atoms. The largest absolute Gasteiger partial charge is 0.456 e. The summed E-state index contributed by atoms with van der Waals surface area (Å²) < 4.78 is 10.0. The van der Waals surface area contributed by atoms with Crippen LogP contribution in [-0.4, -0.2) is 0 Å². The molecule has 146 valence electrons. The van der Waals surface area contributed by atoms with Crippen molar-refractivity contribution in [2.45, 2.75) is 0 Å². The number of hydrogen-bond donors (Lipinski definition) is 0. The van der Waals surface area contributed by atoms with E-state index in [0.717, 1.165) is 21.0 Å². The van der Waals surface area contributed by atoms with E-state index in [2.05, 4.69) is 107 Å². The smallest absolute Gasteiger partial charge is 0.136 e. The molecule has 0 aliphatic carbocycles. The second-order valence-electron chi connectivity index (χ2n) is 7.93. The number of furan rings is 1. The lowest BCUT2D eigenvalue weighted by molar-refractivity contribution is 0.669. The van der Waals surface area contributed by atoms with Gasteiger partial charge in [-0.25, -0.2) is 0 Å². The summed E-state index contributed by atoms with van der Waals surface area (Å²) in [5.74, 6) is 0. The normalized spacial score (nSPS) is 12.0. The Labute approximate surface area is 190 Å². The van der Waals surface area contributed by atoms with Gasteiger partial charge in [0.05, 0.1) is 0 Å². The molecular formula is C28H15BrOS. The maximum Gasteiger partial charge on any atom is 0.136 e. The average molecular weight is 479 g/mol. The first kappa shape index (κ1) is 17.5. The molecule has 0 saturated carbocycles. The summed E-state index contributed by atoms with van der Waals surface area (Å²) in [6, 6.07) is 32.5. The van der Waals surface area contributed by atoms with Crippen LogP contribution in [0.5, 0.6) is 0 Å². The average Bonchev–Trinajstić information content (AvgIpc) is 3.34. The Hall–Kier alpha value is -3.14. The molecule has 0 aliphatic heterocycles. The topological polar surface area (TPSA) is 13.1 Å². The number of fused-ring (bicyclic) bond motifs is 7. The zero-order valence-corrected chi connectivity index (χ0v) is 18.8. The van der Waals surface area contributed by atoms with Crippen molar-refractivity contribution in [1.29, 1.82) is 0 Å². The summed E-state index contributed by atoms with van der Waals surface area (Å²) in [6.45, 7) is 0. The number of benzene rings is 5. The molecule has 0 bridgehead atoms. The Morgan fingerprint density at radius 1 is 0.581 bits per heavy atom. The molecule has 0 radical (unpaired) electrons. The van der Waals surface area contributed by atoms with Crippen LogP contribution in [0.3, 0.4) is 0 Å². The molecular weight excluding hydrogens is 464 g/mol. The Morgan fingerprint density at radius 3 is 2.26 bits per heavy atom. The van der Waals surface area contributed by atoms with Gasteiger partial charge in [0.2, 0.25) is 0 Å². The third kappa shape index (κ3) is 2.60. The molecule has 0 atom stereocenters. The molecule has 7 rings (SSSR count). The Bertz CT molecular complexity index is 1810. The fraction of sp³-hybridized carbons (Fsp3) is 0. The molecule has 2 aromatic heterocycles. The molecule has 0 fully saturated rings. The Morgan fingerprint density at radius 2 is 1.35 bits per heavy atom. The monoisotopic (exact) mass is 478 g/mol. The van der Waals surface area contributed by atoms with Crippen LogP contribution >= 0.6 is 27.3 Å². The first-order chi connectivity index (χ1) is 15.2. The lowest BCUT2D eigenvalue weighted by Crippen LogP contribution is -1.78. The third-order valence-electron chi connectivity index (χ3n) is 6.12. The molecule has 31 heavy (non-hydrogen) atoms. The number of rotatable bonds is 1. The minimum absolute atomic E-state index is 0.930. The predicted octanol–water partition coefficient (Wildman–Crippen LogP) is 9.54. The van der Waals surface area contributed by atoms with Crippen LogP contribution in [0.1, 0.15) is 0 Å². The quantitative estimate of drug-likeness (QED) is 0.229. The van der Waals surface area contributed by atoms with Crippen molar-refractivity contribution in [3.05, 3.63) is 95.5 Å². The van der Waals surface area contributed by atoms with Crippen LogP contribution in [0.4, 0.5) is 0 Å². The van der Waals surface area contributed by atoms with Gasteiger partial charge in [-0.15, -0.1) is 11.3 Å². The lowest BCUT2D eigenvalue weighted by Gasteiger charge is -2.03. The summed E-state index contributed by atoms with van der Waals surface area (Å²) in [7, 11) is 0. The van der Waals surface area contributed by atoms with Gasteiger partial charge < -0.3 is 4.42 Å². The molecule has 3 heteroatoms. The fourth-order valence-electron chi connectivity index (χ4n) is 4.60. The number of hydrogen-bond acceptors (Lipinski definition) is 2. The number of thiophene rings is 1. The molecule has 5 aromatic carbocycles. The van der Waals surface area contributed by atoms with Gasteiger partial charge in [-0.1, -0.05) is 58.4 Å². The molecule has 0 saturated heterocycles. The highest BCUT2D eigenvalue weighted by molar-refractivity contribution is 9.10. The van der Waals surface area contributed by atoms with Crippen LogP contribution in [0.15, 0.2) is 99.9 Å². The van der Waals surface area contributed by atoms with Crippen LogP contribution < -0.4 is 0 Å². The van der Waals surface area contributed by atoms with Crippen LogP contribution in [0, 0.1) is 0 Å². The summed E-state index contributed by atoms with van der Waals surface area (Å²) in [5, 5.41) is 7.36. The van der Waals surface area contributed by atoms with Crippen molar-refractivity contribution >= 4 is 80.1 Å². The van der Waals surface area contributed by atoms with E-state index >= 15 is 0 Å². The van der Waals surface area contributed by atoms with Crippen molar-refractivity contribution in [2.24, 2.45) is 0 Å². The van der Waals surface area contributed by atoms with E-state index in [0.29, 0.717) is 0 Å². The highest BCUT2D eigenvalue weighted by Crippen LogP contribution is 2.40. The van der Waals surface area contributed by atoms with E-state index in [9.17, 15) is 0 Å². The van der Waals surface area contributed by atoms with Crippen LogP contribution in [0.25, 0.3) is 64.0 Å². The van der Waals surface area contributed by atoms with E-state index in [1.807, 2.05) is 11.3 Å².